The number of halogens is 1. The molecule has 0 aliphatic carbocycles. The van der Waals surface area contributed by atoms with Crippen molar-refractivity contribution in [1.29, 1.82) is 0 Å². The number of ether oxygens (including phenoxy) is 2. The third-order valence-electron chi connectivity index (χ3n) is 4.50. The highest BCUT2D eigenvalue weighted by Crippen LogP contribution is 2.39. The number of hydrogen-bond donors (Lipinski definition) is 1. The van der Waals surface area contributed by atoms with Crippen molar-refractivity contribution in [2.24, 2.45) is 5.16 Å². The molecule has 1 aliphatic heterocycles. The van der Waals surface area contributed by atoms with Crippen molar-refractivity contribution >= 4 is 40.0 Å². The zero-order chi connectivity index (χ0) is 23.4. The lowest BCUT2D eigenvalue weighted by molar-refractivity contribution is 0.0417. The summed E-state index contributed by atoms with van der Waals surface area (Å²) in [6, 6.07) is 9.44. The smallest absolute Gasteiger partial charge is 0.494 e. The Bertz CT molecular complexity index is 1120. The first-order valence-electron chi connectivity index (χ1n) is 9.74. The number of hydrogen-bond acceptors (Lipinski definition) is 8. The number of carbonyl (C=O) groups excluding carboxylic acids is 1. The summed E-state index contributed by atoms with van der Waals surface area (Å²) in [6.07, 6.45) is 1.82. The molecular weight excluding hydrogens is 460 g/mol. The molecule has 2 aromatic rings. The molecule has 0 aromatic heterocycles. The van der Waals surface area contributed by atoms with E-state index in [2.05, 4.69) is 14.8 Å². The van der Waals surface area contributed by atoms with Crippen LogP contribution < -0.4 is 14.2 Å². The predicted molar refractivity (Wildman–Crippen MR) is 120 cm³/mol. The topological polar surface area (TPSA) is 113 Å². The first-order valence-corrected chi connectivity index (χ1v) is 11.5. The molecule has 9 nitrogen and oxygen atoms in total. The summed E-state index contributed by atoms with van der Waals surface area (Å²) in [5, 5.41) is 6.59. The summed E-state index contributed by atoms with van der Waals surface area (Å²) in [5.74, 6) is 0.702. The van der Waals surface area contributed by atoms with Crippen LogP contribution in [0.5, 0.6) is 11.5 Å². The fraction of sp³-hybridized carbons (Fsp3) is 0.333. The van der Waals surface area contributed by atoms with Crippen molar-refractivity contribution in [1.82, 2.24) is 0 Å². The van der Waals surface area contributed by atoms with E-state index in [0.29, 0.717) is 30.2 Å². The number of aryl methyl sites for hydroxylation is 1. The summed E-state index contributed by atoms with van der Waals surface area (Å²) in [6.45, 7) is 5.87. The van der Waals surface area contributed by atoms with E-state index in [1.807, 2.05) is 32.9 Å². The lowest BCUT2D eigenvalue weighted by Gasteiger charge is -2.33. The van der Waals surface area contributed by atoms with Gasteiger partial charge in [-0.3, -0.25) is 5.32 Å². The second-order valence-electron chi connectivity index (χ2n) is 7.49. The first-order chi connectivity index (χ1) is 15.1. The Morgan fingerprint density at radius 2 is 1.91 bits per heavy atom. The van der Waals surface area contributed by atoms with E-state index in [9.17, 15) is 13.2 Å². The summed E-state index contributed by atoms with van der Waals surface area (Å²) in [4.78, 5) is 11.7. The minimum absolute atomic E-state index is 0.0616. The Morgan fingerprint density at radius 3 is 2.62 bits per heavy atom. The maximum atomic E-state index is 11.7. The summed E-state index contributed by atoms with van der Waals surface area (Å²) in [5.41, 5.74) is 1.65. The van der Waals surface area contributed by atoms with Crippen molar-refractivity contribution in [3.63, 3.8) is 0 Å². The van der Waals surface area contributed by atoms with Gasteiger partial charge in [-0.25, -0.2) is 9.08 Å². The van der Waals surface area contributed by atoms with Crippen molar-refractivity contribution in [3.8, 4) is 11.5 Å². The van der Waals surface area contributed by atoms with E-state index in [4.69, 9.17) is 25.3 Å². The van der Waals surface area contributed by atoms with Gasteiger partial charge in [0.2, 0.25) is 0 Å². The maximum Gasteiger partial charge on any atom is 0.521 e. The molecule has 1 N–H and O–H groups in total. The lowest BCUT2D eigenvalue weighted by atomic mass is 9.92. The fourth-order valence-electron chi connectivity index (χ4n) is 3.02. The van der Waals surface area contributed by atoms with E-state index < -0.39 is 22.1 Å². The molecule has 32 heavy (non-hydrogen) atoms. The number of cyclic esters (lactones) is 1. The number of fused-ring (bicyclic) bond motifs is 1. The standard InChI is InChI=1S/C21H23ClN2O7S/c1-14-12-17(13-18-19(14)24-20(25)29-21(18,2)3)28-11-5-4-10-23-31-32(26,27)30-16-8-6-15(22)7-9-16/h6-10,12-13H,4-5,11H2,1-3H3,(H,24,25). The van der Waals surface area contributed by atoms with Crippen molar-refractivity contribution in [2.45, 2.75) is 39.2 Å². The number of amides is 1. The van der Waals surface area contributed by atoms with Crippen molar-refractivity contribution in [2.75, 3.05) is 11.9 Å². The minimum atomic E-state index is -4.33. The van der Waals surface area contributed by atoms with Gasteiger partial charge in [-0.1, -0.05) is 16.8 Å². The molecule has 0 unspecified atom stereocenters. The highest BCUT2D eigenvalue weighted by molar-refractivity contribution is 7.82. The van der Waals surface area contributed by atoms with Crippen LogP contribution in [0.25, 0.3) is 0 Å². The average molecular weight is 483 g/mol. The number of anilines is 1. The normalized spacial score (nSPS) is 14.9. The van der Waals surface area contributed by atoms with Crippen LogP contribution in [0.1, 0.15) is 37.8 Å². The molecule has 0 saturated carbocycles. The number of carbonyl (C=O) groups is 1. The monoisotopic (exact) mass is 482 g/mol. The summed E-state index contributed by atoms with van der Waals surface area (Å²) >= 11 is 5.73. The first kappa shape index (κ1) is 23.7. The molecule has 0 spiro atoms. The van der Waals surface area contributed by atoms with Gasteiger partial charge in [0, 0.05) is 16.8 Å². The molecule has 0 atom stereocenters. The number of nitrogens with zero attached hydrogens (tertiary/aromatic N) is 1. The average Bonchev–Trinajstić information content (AvgIpc) is 2.69. The number of unbranched alkanes of at least 4 members (excludes halogenated alkanes) is 1. The molecule has 0 bridgehead atoms. The Hall–Kier alpha value is -2.98. The third kappa shape index (κ3) is 6.27. The van der Waals surface area contributed by atoms with Crippen LogP contribution in [0.15, 0.2) is 41.6 Å². The molecule has 0 fully saturated rings. The van der Waals surface area contributed by atoms with Gasteiger partial charge < -0.3 is 13.7 Å². The minimum Gasteiger partial charge on any atom is -0.494 e. The van der Waals surface area contributed by atoms with Crippen molar-refractivity contribution in [3.05, 3.63) is 52.5 Å². The van der Waals surface area contributed by atoms with E-state index in [-0.39, 0.29) is 5.75 Å². The molecule has 0 radical (unpaired) electrons. The van der Waals surface area contributed by atoms with Crippen LogP contribution in [0.4, 0.5) is 10.5 Å². The van der Waals surface area contributed by atoms with E-state index in [1.165, 1.54) is 30.5 Å². The zero-order valence-corrected chi connectivity index (χ0v) is 19.3. The molecule has 1 aliphatic rings. The second-order valence-corrected chi connectivity index (χ2v) is 9.05. The molecule has 11 heteroatoms. The van der Waals surface area contributed by atoms with Crippen LogP contribution in [-0.4, -0.2) is 27.3 Å². The molecule has 0 saturated heterocycles. The van der Waals surface area contributed by atoms with E-state index in [1.54, 1.807) is 0 Å². The van der Waals surface area contributed by atoms with Gasteiger partial charge in [0.25, 0.3) is 0 Å². The SMILES string of the molecule is Cc1cc(OCCCC=NOS(=O)(=O)Oc2ccc(Cl)cc2)cc2c1NC(=O)OC2(C)C. The Balaban J connectivity index is 1.46. The number of oxime groups is 1. The Morgan fingerprint density at radius 1 is 1.19 bits per heavy atom. The molecule has 2 aromatic carbocycles. The fourth-order valence-corrected chi connectivity index (χ4v) is 3.69. The molecule has 172 valence electrons. The maximum absolute atomic E-state index is 11.7. The van der Waals surface area contributed by atoms with Gasteiger partial charge in [0.1, 0.15) is 17.1 Å². The number of benzene rings is 2. The van der Waals surface area contributed by atoms with Gasteiger partial charge >= 0.3 is 16.5 Å². The number of rotatable bonds is 9. The molecular formula is C21H23ClN2O7S. The van der Waals surface area contributed by atoms with Gasteiger partial charge in [0.15, 0.2) is 0 Å². The van der Waals surface area contributed by atoms with Gasteiger partial charge in [0.05, 0.1) is 12.3 Å². The lowest BCUT2D eigenvalue weighted by Crippen LogP contribution is -2.35. The van der Waals surface area contributed by atoms with Crippen molar-refractivity contribution < 1.29 is 31.2 Å². The second kappa shape index (κ2) is 9.66. The van der Waals surface area contributed by atoms with Crippen LogP contribution in [0, 0.1) is 6.92 Å². The van der Waals surface area contributed by atoms with Gasteiger partial charge in [-0.2, -0.15) is 0 Å². The number of nitrogens with one attached hydrogen (secondary N) is 1. The van der Waals surface area contributed by atoms with Crippen LogP contribution in [-0.2, 0) is 25.0 Å². The Kier molecular flexibility index (Phi) is 7.15. The highest BCUT2D eigenvalue weighted by Gasteiger charge is 2.34. The highest BCUT2D eigenvalue weighted by atomic mass is 35.5. The van der Waals surface area contributed by atoms with Crippen LogP contribution >= 0.6 is 11.6 Å². The zero-order valence-electron chi connectivity index (χ0n) is 17.8. The molecule has 3 rings (SSSR count). The van der Waals surface area contributed by atoms with E-state index in [0.717, 1.165) is 16.8 Å². The summed E-state index contributed by atoms with van der Waals surface area (Å²) < 4.78 is 43.8. The van der Waals surface area contributed by atoms with Gasteiger partial charge in [-0.05, 0) is 75.6 Å². The molecule has 1 amide bonds. The van der Waals surface area contributed by atoms with Crippen LogP contribution in [0.2, 0.25) is 5.02 Å². The Labute approximate surface area is 191 Å². The van der Waals surface area contributed by atoms with Crippen LogP contribution in [0.3, 0.4) is 0 Å². The molecule has 1 heterocycles. The third-order valence-corrected chi connectivity index (χ3v) is 5.42. The summed E-state index contributed by atoms with van der Waals surface area (Å²) in [7, 11) is -4.33. The van der Waals surface area contributed by atoms with Gasteiger partial charge in [-0.15, -0.1) is 8.42 Å². The van der Waals surface area contributed by atoms with E-state index >= 15 is 0 Å². The predicted octanol–water partition coefficient (Wildman–Crippen LogP) is 4.93. The largest absolute Gasteiger partial charge is 0.521 e. The quantitative estimate of drug-likeness (QED) is 0.306.